The number of hydrogen-bond acceptors (Lipinski definition) is 3. The van der Waals surface area contributed by atoms with Crippen LogP contribution in [0.1, 0.15) is 27.2 Å². The molecule has 18 heavy (non-hydrogen) atoms. The molecule has 3 N–H and O–H groups in total. The first-order valence-corrected chi connectivity index (χ1v) is 5.76. The van der Waals surface area contributed by atoms with Crippen molar-refractivity contribution in [2.45, 2.75) is 39.4 Å². The van der Waals surface area contributed by atoms with Gasteiger partial charge in [0.1, 0.15) is 6.54 Å². The van der Waals surface area contributed by atoms with Crippen LogP contribution in [0.2, 0.25) is 0 Å². The Morgan fingerprint density at radius 1 is 1.28 bits per heavy atom. The lowest BCUT2D eigenvalue weighted by atomic mass is 9.89. The van der Waals surface area contributed by atoms with E-state index in [2.05, 4.69) is 5.32 Å². The van der Waals surface area contributed by atoms with Crippen LogP contribution in [0.25, 0.3) is 0 Å². The van der Waals surface area contributed by atoms with E-state index >= 15 is 0 Å². The summed E-state index contributed by atoms with van der Waals surface area (Å²) in [5.74, 6) is -0.688. The van der Waals surface area contributed by atoms with E-state index in [-0.39, 0.29) is 12.0 Å². The van der Waals surface area contributed by atoms with Crippen LogP contribution in [-0.4, -0.2) is 42.9 Å². The number of hydrogen-bond donors (Lipinski definition) is 3. The molecule has 0 saturated heterocycles. The zero-order chi connectivity index (χ0) is 14.4. The summed E-state index contributed by atoms with van der Waals surface area (Å²) in [6.45, 7) is 4.45. The van der Waals surface area contributed by atoms with Crippen molar-refractivity contribution in [2.24, 2.45) is 5.41 Å². The van der Waals surface area contributed by atoms with Gasteiger partial charge in [0.25, 0.3) is 0 Å². The number of aliphatic hydroxyl groups is 1. The van der Waals surface area contributed by atoms with Gasteiger partial charge in [0.2, 0.25) is 5.91 Å². The van der Waals surface area contributed by atoms with Crippen LogP contribution in [0.15, 0.2) is 0 Å². The number of nitrogens with one attached hydrogen (secondary N) is 2. The largest absolute Gasteiger partial charge is 0.405 e. The summed E-state index contributed by atoms with van der Waals surface area (Å²) in [5.41, 5.74) is -0.215. The number of rotatable bonds is 7. The Labute approximate surface area is 105 Å². The van der Waals surface area contributed by atoms with E-state index < -0.39 is 24.7 Å². The SMILES string of the molecule is CC(NCC(C)(C)CCO)C(=O)NCC(F)(F)F. The number of aliphatic hydroxyl groups excluding tert-OH is 1. The first kappa shape index (κ1) is 17.2. The van der Waals surface area contributed by atoms with Crippen molar-refractivity contribution in [3.8, 4) is 0 Å². The molecule has 0 radical (unpaired) electrons. The van der Waals surface area contributed by atoms with Crippen molar-refractivity contribution in [1.29, 1.82) is 0 Å². The Morgan fingerprint density at radius 3 is 2.28 bits per heavy atom. The summed E-state index contributed by atoms with van der Waals surface area (Å²) in [5, 5.41) is 13.5. The molecule has 0 aliphatic carbocycles. The molecule has 0 spiro atoms. The van der Waals surface area contributed by atoms with Gasteiger partial charge in [-0.05, 0) is 18.8 Å². The molecular weight excluding hydrogens is 249 g/mol. The molecule has 0 aliphatic heterocycles. The van der Waals surface area contributed by atoms with Gasteiger partial charge in [-0.2, -0.15) is 13.2 Å². The van der Waals surface area contributed by atoms with Gasteiger partial charge in [-0.3, -0.25) is 4.79 Å². The summed E-state index contributed by atoms with van der Waals surface area (Å²) in [6.07, 6.45) is -3.84. The Balaban J connectivity index is 4.02. The molecule has 1 atom stereocenters. The van der Waals surface area contributed by atoms with Gasteiger partial charge in [0.15, 0.2) is 0 Å². The highest BCUT2D eigenvalue weighted by molar-refractivity contribution is 5.81. The second kappa shape index (κ2) is 6.94. The molecule has 0 aromatic heterocycles. The van der Waals surface area contributed by atoms with Crippen molar-refractivity contribution in [1.82, 2.24) is 10.6 Å². The van der Waals surface area contributed by atoms with Crippen molar-refractivity contribution in [3.05, 3.63) is 0 Å². The highest BCUT2D eigenvalue weighted by Crippen LogP contribution is 2.18. The normalized spacial score (nSPS) is 14.4. The van der Waals surface area contributed by atoms with E-state index in [1.54, 1.807) is 0 Å². The van der Waals surface area contributed by atoms with Crippen molar-refractivity contribution < 1.29 is 23.1 Å². The van der Waals surface area contributed by atoms with Gasteiger partial charge in [-0.15, -0.1) is 0 Å². The topological polar surface area (TPSA) is 61.4 Å². The molecule has 0 bridgehead atoms. The Kier molecular flexibility index (Phi) is 6.62. The fourth-order valence-corrected chi connectivity index (χ4v) is 1.25. The lowest BCUT2D eigenvalue weighted by molar-refractivity contribution is -0.139. The third-order valence-electron chi connectivity index (χ3n) is 2.53. The zero-order valence-corrected chi connectivity index (χ0v) is 10.9. The molecule has 108 valence electrons. The third-order valence-corrected chi connectivity index (χ3v) is 2.53. The van der Waals surface area contributed by atoms with E-state index in [1.165, 1.54) is 6.92 Å². The van der Waals surface area contributed by atoms with Crippen molar-refractivity contribution in [2.75, 3.05) is 19.7 Å². The fraction of sp³-hybridized carbons (Fsp3) is 0.909. The molecule has 0 aromatic rings. The predicted molar refractivity (Wildman–Crippen MR) is 62.0 cm³/mol. The Hall–Kier alpha value is -0.820. The fourth-order valence-electron chi connectivity index (χ4n) is 1.25. The summed E-state index contributed by atoms with van der Waals surface area (Å²) < 4.78 is 35.7. The van der Waals surface area contributed by atoms with Gasteiger partial charge in [-0.1, -0.05) is 13.8 Å². The lowest BCUT2D eigenvalue weighted by Gasteiger charge is -2.26. The number of alkyl halides is 3. The minimum Gasteiger partial charge on any atom is -0.396 e. The molecule has 0 heterocycles. The summed E-state index contributed by atoms with van der Waals surface area (Å²) in [7, 11) is 0. The average Bonchev–Trinajstić information content (AvgIpc) is 2.21. The van der Waals surface area contributed by atoms with Crippen molar-refractivity contribution in [3.63, 3.8) is 0 Å². The van der Waals surface area contributed by atoms with Gasteiger partial charge in [0.05, 0.1) is 6.04 Å². The molecule has 0 rings (SSSR count). The Morgan fingerprint density at radius 2 is 1.83 bits per heavy atom. The van der Waals surface area contributed by atoms with Crippen LogP contribution in [0, 0.1) is 5.41 Å². The summed E-state index contributed by atoms with van der Waals surface area (Å²) in [6, 6.07) is -0.703. The average molecular weight is 270 g/mol. The highest BCUT2D eigenvalue weighted by Gasteiger charge is 2.29. The molecule has 1 amide bonds. The number of carbonyl (C=O) groups excluding carboxylic acids is 1. The second-order valence-corrected chi connectivity index (χ2v) is 5.07. The van der Waals surface area contributed by atoms with Gasteiger partial charge in [0, 0.05) is 13.2 Å². The molecule has 0 fully saturated rings. The maximum atomic E-state index is 11.9. The minimum atomic E-state index is -4.40. The first-order chi connectivity index (χ1) is 8.07. The van der Waals surface area contributed by atoms with Crippen LogP contribution in [0.5, 0.6) is 0 Å². The van der Waals surface area contributed by atoms with Crippen LogP contribution < -0.4 is 10.6 Å². The summed E-state index contributed by atoms with van der Waals surface area (Å²) >= 11 is 0. The van der Waals surface area contributed by atoms with E-state index in [0.717, 1.165) is 0 Å². The van der Waals surface area contributed by atoms with Crippen molar-refractivity contribution >= 4 is 5.91 Å². The van der Waals surface area contributed by atoms with E-state index in [9.17, 15) is 18.0 Å². The highest BCUT2D eigenvalue weighted by atomic mass is 19.4. The van der Waals surface area contributed by atoms with E-state index in [1.807, 2.05) is 19.2 Å². The van der Waals surface area contributed by atoms with Gasteiger partial charge >= 0.3 is 6.18 Å². The zero-order valence-electron chi connectivity index (χ0n) is 10.9. The third kappa shape index (κ3) is 8.30. The van der Waals surface area contributed by atoms with E-state index in [0.29, 0.717) is 13.0 Å². The molecule has 0 saturated carbocycles. The van der Waals surface area contributed by atoms with Crippen LogP contribution in [-0.2, 0) is 4.79 Å². The molecule has 0 aromatic carbocycles. The lowest BCUT2D eigenvalue weighted by Crippen LogP contribution is -2.47. The molecular formula is C11H21F3N2O2. The molecule has 4 nitrogen and oxygen atoms in total. The molecule has 7 heteroatoms. The van der Waals surface area contributed by atoms with Crippen LogP contribution in [0.3, 0.4) is 0 Å². The van der Waals surface area contributed by atoms with Gasteiger partial charge in [-0.25, -0.2) is 0 Å². The number of amides is 1. The maximum absolute atomic E-state index is 11.9. The predicted octanol–water partition coefficient (Wildman–Crippen LogP) is 1.05. The monoisotopic (exact) mass is 270 g/mol. The van der Waals surface area contributed by atoms with E-state index in [4.69, 9.17) is 5.11 Å². The molecule has 1 unspecified atom stereocenters. The Bertz CT molecular complexity index is 268. The second-order valence-electron chi connectivity index (χ2n) is 5.07. The summed E-state index contributed by atoms with van der Waals surface area (Å²) in [4.78, 5) is 11.3. The standard InChI is InChI=1S/C11H21F3N2O2/c1-8(9(18)16-7-11(12,13)14)15-6-10(2,3)4-5-17/h8,15,17H,4-7H2,1-3H3,(H,16,18). The minimum absolute atomic E-state index is 0.0311. The number of halogens is 3. The first-order valence-electron chi connectivity index (χ1n) is 5.76. The van der Waals surface area contributed by atoms with Crippen LogP contribution >= 0.6 is 0 Å². The number of carbonyl (C=O) groups is 1. The quantitative estimate of drug-likeness (QED) is 0.648. The van der Waals surface area contributed by atoms with Crippen LogP contribution in [0.4, 0.5) is 13.2 Å². The van der Waals surface area contributed by atoms with Gasteiger partial charge < -0.3 is 15.7 Å². The maximum Gasteiger partial charge on any atom is 0.405 e. The smallest absolute Gasteiger partial charge is 0.396 e. The molecule has 0 aliphatic rings.